The number of carbonyl (C=O) groups excluding carboxylic acids is 1. The van der Waals surface area contributed by atoms with Crippen molar-refractivity contribution in [3.8, 4) is 11.5 Å². The quantitative estimate of drug-likeness (QED) is 0.830. The van der Waals surface area contributed by atoms with Crippen molar-refractivity contribution >= 4 is 5.91 Å². The SMILES string of the molecule is COc1ccc(C(C(=O)N2C(C)COCC2C)C(C)C)cc1OC. The van der Waals surface area contributed by atoms with Crippen LogP contribution in [0.1, 0.15) is 39.2 Å². The van der Waals surface area contributed by atoms with E-state index in [1.807, 2.05) is 36.9 Å². The average molecular weight is 335 g/mol. The smallest absolute Gasteiger partial charge is 0.231 e. The molecule has 1 aromatic rings. The van der Waals surface area contributed by atoms with Crippen molar-refractivity contribution in [1.82, 2.24) is 4.90 Å². The monoisotopic (exact) mass is 335 g/mol. The minimum absolute atomic E-state index is 0.0858. The molecule has 5 heteroatoms. The first kappa shape index (κ1) is 18.6. The van der Waals surface area contributed by atoms with E-state index in [1.165, 1.54) is 0 Å². The van der Waals surface area contributed by atoms with Crippen LogP contribution >= 0.6 is 0 Å². The van der Waals surface area contributed by atoms with Crippen LogP contribution in [0.5, 0.6) is 11.5 Å². The highest BCUT2D eigenvalue weighted by Gasteiger charge is 2.36. The molecule has 0 spiro atoms. The van der Waals surface area contributed by atoms with Gasteiger partial charge < -0.3 is 19.1 Å². The molecule has 1 saturated heterocycles. The lowest BCUT2D eigenvalue weighted by Crippen LogP contribution is -2.54. The fraction of sp³-hybridized carbons (Fsp3) is 0.632. The zero-order chi connectivity index (χ0) is 17.9. The topological polar surface area (TPSA) is 48.0 Å². The van der Waals surface area contributed by atoms with Gasteiger partial charge in [0.2, 0.25) is 5.91 Å². The number of hydrogen-bond donors (Lipinski definition) is 0. The molecule has 0 bridgehead atoms. The molecule has 3 atom stereocenters. The number of morpholine rings is 1. The number of nitrogens with zero attached hydrogens (tertiary/aromatic N) is 1. The third kappa shape index (κ3) is 3.66. The predicted molar refractivity (Wildman–Crippen MR) is 93.7 cm³/mol. The van der Waals surface area contributed by atoms with Gasteiger partial charge in [0.25, 0.3) is 0 Å². The molecule has 1 amide bonds. The van der Waals surface area contributed by atoms with E-state index in [4.69, 9.17) is 14.2 Å². The molecule has 1 aromatic carbocycles. The molecule has 2 rings (SSSR count). The first-order chi connectivity index (χ1) is 11.4. The summed E-state index contributed by atoms with van der Waals surface area (Å²) >= 11 is 0. The second-order valence-electron chi connectivity index (χ2n) is 6.82. The number of ether oxygens (including phenoxy) is 3. The molecule has 1 aliphatic heterocycles. The molecule has 1 fully saturated rings. The first-order valence-corrected chi connectivity index (χ1v) is 8.52. The van der Waals surface area contributed by atoms with Crippen molar-refractivity contribution in [1.29, 1.82) is 0 Å². The summed E-state index contributed by atoms with van der Waals surface area (Å²) in [4.78, 5) is 15.3. The van der Waals surface area contributed by atoms with Crippen LogP contribution in [0.3, 0.4) is 0 Å². The van der Waals surface area contributed by atoms with Crippen LogP contribution in [-0.2, 0) is 9.53 Å². The summed E-state index contributed by atoms with van der Waals surface area (Å²) in [7, 11) is 3.22. The minimum atomic E-state index is -0.215. The molecule has 0 aromatic heterocycles. The van der Waals surface area contributed by atoms with Crippen molar-refractivity contribution in [3.05, 3.63) is 23.8 Å². The van der Waals surface area contributed by atoms with Crippen LogP contribution in [0.25, 0.3) is 0 Å². The molecular weight excluding hydrogens is 306 g/mol. The Morgan fingerprint density at radius 2 is 1.71 bits per heavy atom. The molecule has 0 saturated carbocycles. The standard InChI is InChI=1S/C19H29NO4/c1-12(2)18(15-7-8-16(22-5)17(9-15)23-6)19(21)20-13(3)10-24-11-14(20)4/h7-9,12-14,18H,10-11H2,1-6H3. The van der Waals surface area contributed by atoms with Crippen LogP contribution < -0.4 is 9.47 Å². The number of carbonyl (C=O) groups is 1. The maximum absolute atomic E-state index is 13.3. The fourth-order valence-corrected chi connectivity index (χ4v) is 3.46. The Kier molecular flexibility index (Phi) is 6.10. The third-order valence-electron chi connectivity index (χ3n) is 4.62. The maximum Gasteiger partial charge on any atom is 0.231 e. The van der Waals surface area contributed by atoms with Gasteiger partial charge in [-0.2, -0.15) is 0 Å². The Balaban J connectivity index is 2.37. The number of hydrogen-bond acceptors (Lipinski definition) is 4. The van der Waals surface area contributed by atoms with Gasteiger partial charge in [0, 0.05) is 0 Å². The van der Waals surface area contributed by atoms with Gasteiger partial charge in [0.05, 0.1) is 45.4 Å². The van der Waals surface area contributed by atoms with E-state index in [1.54, 1.807) is 14.2 Å². The van der Waals surface area contributed by atoms with E-state index in [9.17, 15) is 4.79 Å². The molecule has 3 unspecified atom stereocenters. The van der Waals surface area contributed by atoms with Gasteiger partial charge in [-0.1, -0.05) is 19.9 Å². The molecule has 1 heterocycles. The van der Waals surface area contributed by atoms with E-state index in [0.29, 0.717) is 24.7 Å². The van der Waals surface area contributed by atoms with Crippen LogP contribution in [0.2, 0.25) is 0 Å². The van der Waals surface area contributed by atoms with Crippen molar-refractivity contribution < 1.29 is 19.0 Å². The lowest BCUT2D eigenvalue weighted by atomic mass is 9.86. The third-order valence-corrected chi connectivity index (χ3v) is 4.62. The molecule has 5 nitrogen and oxygen atoms in total. The molecule has 0 N–H and O–H groups in total. The number of rotatable bonds is 5. The summed E-state index contributed by atoms with van der Waals surface area (Å²) in [5.41, 5.74) is 0.957. The Bertz CT molecular complexity index is 562. The number of amides is 1. The van der Waals surface area contributed by atoms with Gasteiger partial charge in [-0.15, -0.1) is 0 Å². The molecule has 0 radical (unpaired) electrons. The second kappa shape index (κ2) is 7.88. The highest BCUT2D eigenvalue weighted by molar-refractivity contribution is 5.85. The zero-order valence-corrected chi connectivity index (χ0v) is 15.5. The maximum atomic E-state index is 13.3. The molecular formula is C19H29NO4. The fourth-order valence-electron chi connectivity index (χ4n) is 3.46. The summed E-state index contributed by atoms with van der Waals surface area (Å²) in [6.45, 7) is 9.42. The van der Waals surface area contributed by atoms with Crippen LogP contribution in [0.15, 0.2) is 18.2 Å². The van der Waals surface area contributed by atoms with Gasteiger partial charge in [0.15, 0.2) is 11.5 Å². The predicted octanol–water partition coefficient (Wildman–Crippen LogP) is 3.08. The summed E-state index contributed by atoms with van der Waals surface area (Å²) in [6.07, 6.45) is 0. The Morgan fingerprint density at radius 3 is 2.21 bits per heavy atom. The largest absolute Gasteiger partial charge is 0.493 e. The van der Waals surface area contributed by atoms with Crippen LogP contribution in [0.4, 0.5) is 0 Å². The van der Waals surface area contributed by atoms with E-state index < -0.39 is 0 Å². The minimum Gasteiger partial charge on any atom is -0.493 e. The first-order valence-electron chi connectivity index (χ1n) is 8.52. The highest BCUT2D eigenvalue weighted by atomic mass is 16.5. The molecule has 24 heavy (non-hydrogen) atoms. The van der Waals surface area contributed by atoms with Gasteiger partial charge in [-0.25, -0.2) is 0 Å². The summed E-state index contributed by atoms with van der Waals surface area (Å²) in [6, 6.07) is 5.91. The van der Waals surface area contributed by atoms with Crippen LogP contribution in [0, 0.1) is 5.92 Å². The van der Waals surface area contributed by atoms with Gasteiger partial charge in [-0.3, -0.25) is 4.79 Å². The molecule has 134 valence electrons. The Hall–Kier alpha value is -1.75. The lowest BCUT2D eigenvalue weighted by Gasteiger charge is -2.41. The van der Waals surface area contributed by atoms with Gasteiger partial charge in [-0.05, 0) is 37.5 Å². The second-order valence-corrected chi connectivity index (χ2v) is 6.82. The Labute approximate surface area is 144 Å². The average Bonchev–Trinajstić information content (AvgIpc) is 2.54. The van der Waals surface area contributed by atoms with Crippen molar-refractivity contribution in [2.45, 2.75) is 45.7 Å². The van der Waals surface area contributed by atoms with Crippen LogP contribution in [-0.4, -0.2) is 50.3 Å². The van der Waals surface area contributed by atoms with Gasteiger partial charge in [0.1, 0.15) is 0 Å². The normalized spacial score (nSPS) is 22.4. The van der Waals surface area contributed by atoms with E-state index in [-0.39, 0.29) is 29.8 Å². The lowest BCUT2D eigenvalue weighted by molar-refractivity contribution is -0.146. The molecule has 1 aliphatic rings. The van der Waals surface area contributed by atoms with Gasteiger partial charge >= 0.3 is 0 Å². The zero-order valence-electron chi connectivity index (χ0n) is 15.5. The Morgan fingerprint density at radius 1 is 1.12 bits per heavy atom. The van der Waals surface area contributed by atoms with E-state index in [2.05, 4.69) is 13.8 Å². The molecule has 0 aliphatic carbocycles. The summed E-state index contributed by atoms with van der Waals surface area (Å²) < 4.78 is 16.3. The van der Waals surface area contributed by atoms with Crippen molar-refractivity contribution in [2.75, 3.05) is 27.4 Å². The number of methoxy groups -OCH3 is 2. The highest BCUT2D eigenvalue weighted by Crippen LogP contribution is 2.35. The number of benzene rings is 1. The van der Waals surface area contributed by atoms with Crippen molar-refractivity contribution in [3.63, 3.8) is 0 Å². The summed E-state index contributed by atoms with van der Waals surface area (Å²) in [5.74, 6) is 1.44. The summed E-state index contributed by atoms with van der Waals surface area (Å²) in [5, 5.41) is 0. The van der Waals surface area contributed by atoms with E-state index >= 15 is 0 Å². The van der Waals surface area contributed by atoms with E-state index in [0.717, 1.165) is 5.56 Å². The van der Waals surface area contributed by atoms with Crippen molar-refractivity contribution in [2.24, 2.45) is 5.92 Å².